The van der Waals surface area contributed by atoms with Crippen LogP contribution in [-0.2, 0) is 9.59 Å². The highest BCUT2D eigenvalue weighted by molar-refractivity contribution is 9.10. The maximum absolute atomic E-state index is 12.1. The highest BCUT2D eigenvalue weighted by atomic mass is 79.9. The van der Waals surface area contributed by atoms with Crippen molar-refractivity contribution in [2.24, 2.45) is 11.7 Å². The summed E-state index contributed by atoms with van der Waals surface area (Å²) in [6, 6.07) is 7.89. The number of hydrogen-bond donors (Lipinski definition) is 1. The molecular formula is C15H17BrClNO2. The number of halogens is 2. The molecule has 2 rings (SSSR count). The summed E-state index contributed by atoms with van der Waals surface area (Å²) >= 11 is 8.96. The third kappa shape index (κ3) is 3.61. The zero-order valence-electron chi connectivity index (χ0n) is 11.0. The fourth-order valence-corrected chi connectivity index (χ4v) is 3.29. The van der Waals surface area contributed by atoms with Gasteiger partial charge in [0.15, 0.2) is 10.6 Å². The molecule has 1 amide bonds. The third-order valence-corrected chi connectivity index (χ3v) is 5.13. The van der Waals surface area contributed by atoms with Crippen molar-refractivity contribution in [2.75, 3.05) is 0 Å². The Balaban J connectivity index is 1.94. The van der Waals surface area contributed by atoms with Crippen molar-refractivity contribution in [1.82, 2.24) is 0 Å². The fraction of sp³-hybridized carbons (Fsp3) is 0.467. The molecule has 0 bridgehead atoms. The van der Waals surface area contributed by atoms with Gasteiger partial charge in [0, 0.05) is 10.9 Å². The van der Waals surface area contributed by atoms with E-state index in [2.05, 4.69) is 15.9 Å². The van der Waals surface area contributed by atoms with Crippen LogP contribution in [0.2, 0.25) is 5.02 Å². The van der Waals surface area contributed by atoms with Crippen molar-refractivity contribution in [3.05, 3.63) is 34.9 Å². The summed E-state index contributed by atoms with van der Waals surface area (Å²) in [5.41, 5.74) is 6.43. The monoisotopic (exact) mass is 357 g/mol. The number of Topliss-reactive ketones (excluding diaryl/α,β-unsaturated/α-hetero) is 1. The van der Waals surface area contributed by atoms with E-state index in [1.807, 2.05) is 24.3 Å². The molecular weight excluding hydrogens is 342 g/mol. The van der Waals surface area contributed by atoms with E-state index in [1.54, 1.807) is 0 Å². The summed E-state index contributed by atoms with van der Waals surface area (Å²) in [5.74, 6) is -0.268. The van der Waals surface area contributed by atoms with Gasteiger partial charge in [0.2, 0.25) is 5.91 Å². The van der Waals surface area contributed by atoms with Crippen LogP contribution in [0.5, 0.6) is 0 Å². The summed E-state index contributed by atoms with van der Waals surface area (Å²) in [6.45, 7) is 0. The molecule has 0 radical (unpaired) electrons. The normalized spacial score (nSPS) is 24.1. The number of benzene rings is 1. The molecule has 0 saturated heterocycles. The van der Waals surface area contributed by atoms with E-state index in [-0.39, 0.29) is 11.7 Å². The molecule has 2 N–H and O–H groups in total. The molecule has 1 saturated carbocycles. The highest BCUT2D eigenvalue weighted by Gasteiger charge is 2.32. The third-order valence-electron chi connectivity index (χ3n) is 3.97. The van der Waals surface area contributed by atoms with Crippen LogP contribution in [0.4, 0.5) is 0 Å². The summed E-state index contributed by atoms with van der Waals surface area (Å²) in [7, 11) is 0. The van der Waals surface area contributed by atoms with Crippen molar-refractivity contribution < 1.29 is 9.59 Å². The second-order valence-corrected chi connectivity index (χ2v) is 6.62. The Kier molecular flexibility index (Phi) is 5.22. The van der Waals surface area contributed by atoms with Gasteiger partial charge in [-0.15, -0.1) is 0 Å². The van der Waals surface area contributed by atoms with E-state index in [0.717, 1.165) is 30.7 Å². The van der Waals surface area contributed by atoms with Gasteiger partial charge in [-0.1, -0.05) is 39.7 Å². The summed E-state index contributed by atoms with van der Waals surface area (Å²) < 4.78 is 0. The van der Waals surface area contributed by atoms with Crippen LogP contribution in [0.25, 0.3) is 0 Å². The number of carbonyl (C=O) groups is 2. The van der Waals surface area contributed by atoms with Gasteiger partial charge >= 0.3 is 0 Å². The topological polar surface area (TPSA) is 60.2 Å². The van der Waals surface area contributed by atoms with Crippen LogP contribution in [0.3, 0.4) is 0 Å². The second kappa shape index (κ2) is 6.72. The van der Waals surface area contributed by atoms with Crippen LogP contribution in [0.15, 0.2) is 24.3 Å². The predicted molar refractivity (Wildman–Crippen MR) is 83.1 cm³/mol. The predicted octanol–water partition coefficient (Wildman–Crippen LogP) is 3.43. The Morgan fingerprint density at radius 1 is 1.15 bits per heavy atom. The molecule has 1 aromatic rings. The number of rotatable bonds is 4. The van der Waals surface area contributed by atoms with E-state index in [9.17, 15) is 9.59 Å². The van der Waals surface area contributed by atoms with Gasteiger partial charge in [0.25, 0.3) is 0 Å². The lowest BCUT2D eigenvalue weighted by Gasteiger charge is -2.28. The minimum absolute atomic E-state index is 0.0598. The number of ketones is 1. The lowest BCUT2D eigenvalue weighted by Crippen LogP contribution is -2.36. The summed E-state index contributed by atoms with van der Waals surface area (Å²) in [5, 5.41) is 0.737. The number of hydrogen-bond acceptors (Lipinski definition) is 2. The van der Waals surface area contributed by atoms with Gasteiger partial charge in [-0.3, -0.25) is 9.59 Å². The Morgan fingerprint density at radius 2 is 1.70 bits per heavy atom. The molecule has 5 heteroatoms. The zero-order chi connectivity index (χ0) is 14.7. The van der Waals surface area contributed by atoms with Crippen molar-refractivity contribution in [1.29, 1.82) is 0 Å². The maximum Gasteiger partial charge on any atom is 0.238 e. The summed E-state index contributed by atoms with van der Waals surface area (Å²) in [4.78, 5) is 22.3. The van der Waals surface area contributed by atoms with E-state index in [4.69, 9.17) is 17.3 Å². The van der Waals surface area contributed by atoms with Crippen LogP contribution in [-0.4, -0.2) is 16.5 Å². The number of carbonyl (C=O) groups excluding carboxylic acids is 2. The molecule has 1 aliphatic carbocycles. The van der Waals surface area contributed by atoms with Crippen LogP contribution in [0, 0.1) is 5.92 Å². The lowest BCUT2D eigenvalue weighted by atomic mass is 9.76. The molecule has 0 aromatic heterocycles. The molecule has 20 heavy (non-hydrogen) atoms. The average Bonchev–Trinajstić information content (AvgIpc) is 2.46. The van der Waals surface area contributed by atoms with E-state index in [1.165, 1.54) is 5.56 Å². The van der Waals surface area contributed by atoms with Crippen LogP contribution in [0.1, 0.15) is 37.2 Å². The lowest BCUT2D eigenvalue weighted by molar-refractivity contribution is -0.128. The number of primary amides is 1. The van der Waals surface area contributed by atoms with Gasteiger partial charge in [0.1, 0.15) is 0 Å². The van der Waals surface area contributed by atoms with Gasteiger partial charge in [-0.2, -0.15) is 0 Å². The largest absolute Gasteiger partial charge is 0.368 e. The Bertz CT molecular complexity index is 495. The highest BCUT2D eigenvalue weighted by Crippen LogP contribution is 2.37. The first-order valence-electron chi connectivity index (χ1n) is 6.71. The van der Waals surface area contributed by atoms with E-state index < -0.39 is 10.7 Å². The second-order valence-electron chi connectivity index (χ2n) is 5.27. The number of alkyl halides is 1. The van der Waals surface area contributed by atoms with Gasteiger partial charge < -0.3 is 5.73 Å². The standard InChI is InChI=1S/C15H17BrClNO2/c16-13(15(18)20)14(19)11-3-1-9(2-4-11)10-5-7-12(17)8-6-10/h5-9,11,13H,1-4H2,(H2,18,20). The minimum Gasteiger partial charge on any atom is -0.368 e. The maximum atomic E-state index is 12.1. The average molecular weight is 359 g/mol. The zero-order valence-corrected chi connectivity index (χ0v) is 13.4. The molecule has 108 valence electrons. The Hall–Kier alpha value is -0.870. The molecule has 1 fully saturated rings. The molecule has 1 aromatic carbocycles. The van der Waals surface area contributed by atoms with Crippen LogP contribution >= 0.6 is 27.5 Å². The smallest absolute Gasteiger partial charge is 0.238 e. The van der Waals surface area contributed by atoms with Crippen molar-refractivity contribution in [2.45, 2.75) is 36.4 Å². The number of amides is 1. The molecule has 1 unspecified atom stereocenters. The molecule has 0 heterocycles. The van der Waals surface area contributed by atoms with Crippen LogP contribution < -0.4 is 5.73 Å². The van der Waals surface area contributed by atoms with Crippen molar-refractivity contribution in [3.63, 3.8) is 0 Å². The van der Waals surface area contributed by atoms with E-state index in [0.29, 0.717) is 5.92 Å². The van der Waals surface area contributed by atoms with Gasteiger partial charge in [0.05, 0.1) is 0 Å². The van der Waals surface area contributed by atoms with Crippen molar-refractivity contribution >= 4 is 39.2 Å². The molecule has 0 spiro atoms. The van der Waals surface area contributed by atoms with E-state index >= 15 is 0 Å². The van der Waals surface area contributed by atoms with Crippen molar-refractivity contribution in [3.8, 4) is 0 Å². The molecule has 1 atom stereocenters. The molecule has 0 aliphatic heterocycles. The van der Waals surface area contributed by atoms with Gasteiger partial charge in [-0.25, -0.2) is 0 Å². The minimum atomic E-state index is -0.848. The van der Waals surface area contributed by atoms with Gasteiger partial charge in [-0.05, 0) is 49.3 Å². The molecule has 1 aliphatic rings. The number of nitrogens with two attached hydrogens (primary N) is 1. The Labute approximate surface area is 132 Å². The quantitative estimate of drug-likeness (QED) is 0.662. The fourth-order valence-electron chi connectivity index (χ4n) is 2.79. The first-order chi connectivity index (χ1) is 9.49. The SMILES string of the molecule is NC(=O)C(Br)C(=O)C1CCC(c2ccc(Cl)cc2)CC1. The molecule has 3 nitrogen and oxygen atoms in total. The first-order valence-corrected chi connectivity index (χ1v) is 8.01. The Morgan fingerprint density at radius 3 is 2.20 bits per heavy atom. The summed E-state index contributed by atoms with van der Waals surface area (Å²) in [6.07, 6.45) is 3.52. The first kappa shape index (κ1) is 15.5.